The zero-order valence-electron chi connectivity index (χ0n) is 17.6. The van der Waals surface area contributed by atoms with Crippen LogP contribution in [0.5, 0.6) is 0 Å². The molecule has 0 spiro atoms. The molecule has 3 heterocycles. The number of carbonyl (C=O) groups is 1. The molecule has 3 aromatic heterocycles. The smallest absolute Gasteiger partial charge is 0.232 e. The first kappa shape index (κ1) is 23.4. The average Bonchev–Trinajstić information content (AvgIpc) is 3.23. The second kappa shape index (κ2) is 9.59. The summed E-state index contributed by atoms with van der Waals surface area (Å²) in [4.78, 5) is 21.2. The van der Waals surface area contributed by atoms with Gasteiger partial charge in [-0.2, -0.15) is 5.10 Å². The van der Waals surface area contributed by atoms with Crippen LogP contribution in [0.15, 0.2) is 48.8 Å². The standard InChI is InChI=1S/C22H18F3N5O3S/c23-7-3-9-34(32,33)30-16-6-5-15(24)19(20(16)25)18(31)11-13-10-14-21(17-4-1-2-8-26-17)28-29-22(14)27-12-13/h1-2,4-6,8,10,12,30H,3,7,9,11H2,(H,27,28,29). The normalized spacial score (nSPS) is 11.6. The van der Waals surface area contributed by atoms with Crippen molar-refractivity contribution in [1.82, 2.24) is 20.2 Å². The summed E-state index contributed by atoms with van der Waals surface area (Å²) < 4.78 is 67.5. The van der Waals surface area contributed by atoms with Gasteiger partial charge in [0.15, 0.2) is 17.2 Å². The predicted molar refractivity (Wildman–Crippen MR) is 120 cm³/mol. The van der Waals surface area contributed by atoms with Crippen LogP contribution in [0.4, 0.5) is 18.9 Å². The maximum atomic E-state index is 14.9. The number of aromatic amines is 1. The number of nitrogens with zero attached hydrogens (tertiary/aromatic N) is 3. The van der Waals surface area contributed by atoms with E-state index >= 15 is 0 Å². The molecular weight excluding hydrogens is 471 g/mol. The predicted octanol–water partition coefficient (Wildman–Crippen LogP) is 3.82. The van der Waals surface area contributed by atoms with Crippen LogP contribution in [0.1, 0.15) is 22.3 Å². The van der Waals surface area contributed by atoms with Gasteiger partial charge < -0.3 is 0 Å². The highest BCUT2D eigenvalue weighted by Crippen LogP contribution is 2.27. The average molecular weight is 489 g/mol. The first-order valence-corrected chi connectivity index (χ1v) is 11.8. The number of hydrogen-bond donors (Lipinski definition) is 2. The zero-order valence-corrected chi connectivity index (χ0v) is 18.4. The van der Waals surface area contributed by atoms with E-state index in [1.807, 2.05) is 4.72 Å². The highest BCUT2D eigenvalue weighted by atomic mass is 32.2. The molecular formula is C22H18F3N5O3S. The van der Waals surface area contributed by atoms with E-state index in [9.17, 15) is 26.4 Å². The number of anilines is 1. The second-order valence-corrected chi connectivity index (χ2v) is 9.22. The fourth-order valence-corrected chi connectivity index (χ4v) is 4.45. The number of fused-ring (bicyclic) bond motifs is 1. The van der Waals surface area contributed by atoms with E-state index < -0.39 is 57.5 Å². The number of hydrogen-bond acceptors (Lipinski definition) is 6. The minimum atomic E-state index is -4.07. The first-order valence-electron chi connectivity index (χ1n) is 10.1. The van der Waals surface area contributed by atoms with Crippen LogP contribution in [-0.2, 0) is 16.4 Å². The van der Waals surface area contributed by atoms with Crippen molar-refractivity contribution in [3.05, 3.63) is 71.6 Å². The maximum Gasteiger partial charge on any atom is 0.232 e. The van der Waals surface area contributed by atoms with Crippen molar-refractivity contribution < 1.29 is 26.4 Å². The summed E-state index contributed by atoms with van der Waals surface area (Å²) in [6.45, 7) is -0.867. The number of ketones is 1. The van der Waals surface area contributed by atoms with Gasteiger partial charge in [0.05, 0.1) is 35.1 Å². The molecule has 0 atom stereocenters. The Morgan fingerprint density at radius 1 is 1.12 bits per heavy atom. The van der Waals surface area contributed by atoms with Gasteiger partial charge in [0, 0.05) is 24.2 Å². The highest BCUT2D eigenvalue weighted by molar-refractivity contribution is 7.92. The summed E-state index contributed by atoms with van der Waals surface area (Å²) in [5.74, 6) is -3.98. The molecule has 4 aromatic rings. The molecule has 0 bridgehead atoms. The third-order valence-electron chi connectivity index (χ3n) is 4.93. The van der Waals surface area contributed by atoms with Gasteiger partial charge in [-0.3, -0.25) is 24.0 Å². The molecule has 8 nitrogen and oxygen atoms in total. The first-order chi connectivity index (χ1) is 16.3. The Kier molecular flexibility index (Phi) is 6.59. The topological polar surface area (TPSA) is 118 Å². The number of rotatable bonds is 9. The Morgan fingerprint density at radius 3 is 2.68 bits per heavy atom. The van der Waals surface area contributed by atoms with Crippen molar-refractivity contribution in [2.24, 2.45) is 0 Å². The fraction of sp³-hybridized carbons (Fsp3) is 0.182. The molecule has 0 unspecified atom stereocenters. The lowest BCUT2D eigenvalue weighted by Crippen LogP contribution is -2.19. The second-order valence-electron chi connectivity index (χ2n) is 7.38. The molecule has 4 rings (SSSR count). The largest absolute Gasteiger partial charge is 0.294 e. The van der Waals surface area contributed by atoms with Gasteiger partial charge in [0.2, 0.25) is 10.0 Å². The highest BCUT2D eigenvalue weighted by Gasteiger charge is 2.23. The molecule has 0 radical (unpaired) electrons. The van der Waals surface area contributed by atoms with Crippen LogP contribution in [0.2, 0.25) is 0 Å². The summed E-state index contributed by atoms with van der Waals surface area (Å²) in [6.07, 6.45) is 2.28. The lowest BCUT2D eigenvalue weighted by molar-refractivity contribution is 0.0985. The number of carbonyl (C=O) groups excluding carboxylic acids is 1. The van der Waals surface area contributed by atoms with E-state index in [0.717, 1.165) is 12.1 Å². The van der Waals surface area contributed by atoms with E-state index in [1.54, 1.807) is 30.5 Å². The molecule has 0 aliphatic rings. The van der Waals surface area contributed by atoms with E-state index in [-0.39, 0.29) is 6.42 Å². The van der Waals surface area contributed by atoms with Gasteiger partial charge in [-0.25, -0.2) is 22.2 Å². The Labute approximate surface area is 192 Å². The van der Waals surface area contributed by atoms with E-state index in [1.165, 1.54) is 6.20 Å². The van der Waals surface area contributed by atoms with Crippen LogP contribution < -0.4 is 4.72 Å². The van der Waals surface area contributed by atoms with E-state index in [4.69, 9.17) is 0 Å². The van der Waals surface area contributed by atoms with Gasteiger partial charge in [-0.15, -0.1) is 0 Å². The lowest BCUT2D eigenvalue weighted by atomic mass is 10.0. The van der Waals surface area contributed by atoms with Gasteiger partial charge in [-0.05, 0) is 42.3 Å². The summed E-state index contributed by atoms with van der Waals surface area (Å²) in [6, 6.07) is 8.58. The van der Waals surface area contributed by atoms with E-state index in [2.05, 4.69) is 20.2 Å². The van der Waals surface area contributed by atoms with Crippen LogP contribution in [-0.4, -0.2) is 46.8 Å². The Bertz CT molecular complexity index is 1460. The molecule has 1 aromatic carbocycles. The van der Waals surface area contributed by atoms with Crippen molar-refractivity contribution in [2.45, 2.75) is 12.8 Å². The van der Waals surface area contributed by atoms with Crippen LogP contribution >= 0.6 is 0 Å². The third-order valence-corrected chi connectivity index (χ3v) is 6.29. The van der Waals surface area contributed by atoms with Crippen molar-refractivity contribution in [3.63, 3.8) is 0 Å². The lowest BCUT2D eigenvalue weighted by Gasteiger charge is -2.11. The number of halogens is 3. The monoisotopic (exact) mass is 489 g/mol. The SMILES string of the molecule is O=C(Cc1cnc2n[nH]c(-c3ccccn3)c2c1)c1c(F)ccc(NS(=O)(=O)CCCF)c1F. The number of nitrogens with one attached hydrogen (secondary N) is 2. The van der Waals surface area contributed by atoms with Gasteiger partial charge in [-0.1, -0.05) is 6.07 Å². The van der Waals surface area contributed by atoms with Gasteiger partial charge >= 0.3 is 0 Å². The fourth-order valence-electron chi connectivity index (χ4n) is 3.37. The summed E-state index contributed by atoms with van der Waals surface area (Å²) >= 11 is 0. The van der Waals surface area contributed by atoms with Gasteiger partial charge in [0.1, 0.15) is 5.82 Å². The minimum Gasteiger partial charge on any atom is -0.294 e. The molecule has 0 aliphatic heterocycles. The molecule has 0 fully saturated rings. The summed E-state index contributed by atoms with van der Waals surface area (Å²) in [5.41, 5.74) is 0.426. The molecule has 0 amide bonds. The van der Waals surface area contributed by atoms with Crippen LogP contribution in [0.3, 0.4) is 0 Å². The van der Waals surface area contributed by atoms with E-state index in [0.29, 0.717) is 28.0 Å². The van der Waals surface area contributed by atoms with Crippen molar-refractivity contribution in [2.75, 3.05) is 17.1 Å². The summed E-state index contributed by atoms with van der Waals surface area (Å²) in [5, 5.41) is 7.50. The maximum absolute atomic E-state index is 14.9. The number of pyridine rings is 2. The molecule has 0 saturated carbocycles. The number of sulfonamides is 1. The number of benzene rings is 1. The van der Waals surface area contributed by atoms with Gasteiger partial charge in [0.25, 0.3) is 0 Å². The van der Waals surface area contributed by atoms with Crippen LogP contribution in [0, 0.1) is 11.6 Å². The zero-order chi connectivity index (χ0) is 24.3. The molecule has 0 saturated heterocycles. The number of Topliss-reactive ketones (excluding diaryl/α,β-unsaturated/α-hetero) is 1. The number of aromatic nitrogens is 4. The molecule has 0 aliphatic carbocycles. The van der Waals surface area contributed by atoms with Crippen molar-refractivity contribution >= 4 is 32.5 Å². The number of alkyl halides is 1. The Hall–Kier alpha value is -3.80. The minimum absolute atomic E-state index is 0.284. The van der Waals surface area contributed by atoms with Crippen molar-refractivity contribution in [1.29, 1.82) is 0 Å². The molecule has 12 heteroatoms. The Balaban J connectivity index is 1.63. The van der Waals surface area contributed by atoms with Crippen molar-refractivity contribution in [3.8, 4) is 11.4 Å². The molecule has 176 valence electrons. The third kappa shape index (κ3) is 4.91. The Morgan fingerprint density at radius 2 is 1.94 bits per heavy atom. The van der Waals surface area contributed by atoms with Crippen LogP contribution in [0.25, 0.3) is 22.4 Å². The number of H-pyrrole nitrogens is 1. The quantitative estimate of drug-likeness (QED) is 0.345. The molecule has 2 N–H and O–H groups in total. The summed E-state index contributed by atoms with van der Waals surface area (Å²) in [7, 11) is -4.07. The molecule has 34 heavy (non-hydrogen) atoms.